The molecule has 1 aromatic carbocycles. The first-order chi connectivity index (χ1) is 13.2. The van der Waals surface area contributed by atoms with Crippen LogP contribution in [-0.2, 0) is 13.5 Å². The van der Waals surface area contributed by atoms with E-state index in [0.717, 1.165) is 21.1 Å². The summed E-state index contributed by atoms with van der Waals surface area (Å²) in [6.45, 7) is 7.79. The van der Waals surface area contributed by atoms with Crippen molar-refractivity contribution in [3.63, 3.8) is 0 Å². The van der Waals surface area contributed by atoms with E-state index in [1.165, 1.54) is 6.07 Å². The van der Waals surface area contributed by atoms with Crippen LogP contribution in [-0.4, -0.2) is 21.0 Å². The zero-order valence-electron chi connectivity index (χ0n) is 16.2. The molecular formula is C22H23BrFN3O. The minimum atomic E-state index is -0.673. The fraction of sp³-hybridized carbons (Fsp3) is 0.273. The molecule has 3 aromatic rings. The first kappa shape index (κ1) is 20.3. The molecule has 2 aromatic heterocycles. The van der Waals surface area contributed by atoms with Crippen LogP contribution in [0.15, 0.2) is 59.4 Å². The minimum absolute atomic E-state index is 0.245. The van der Waals surface area contributed by atoms with Gasteiger partial charge in [0.1, 0.15) is 11.5 Å². The Kier molecular flexibility index (Phi) is 5.70. The maximum Gasteiger partial charge on any atom is 0.253 e. The van der Waals surface area contributed by atoms with Crippen LogP contribution in [0.3, 0.4) is 0 Å². The van der Waals surface area contributed by atoms with Crippen molar-refractivity contribution in [1.29, 1.82) is 0 Å². The zero-order chi connectivity index (χ0) is 20.5. The third kappa shape index (κ3) is 4.33. The van der Waals surface area contributed by atoms with Crippen molar-refractivity contribution in [3.8, 4) is 0 Å². The number of nitrogens with one attached hydrogen (secondary N) is 1. The number of hydrogen-bond donors (Lipinski definition) is 1. The zero-order valence-corrected chi connectivity index (χ0v) is 17.8. The van der Waals surface area contributed by atoms with Crippen molar-refractivity contribution in [3.05, 3.63) is 76.3 Å². The molecule has 1 unspecified atom stereocenters. The molecule has 0 fully saturated rings. The van der Waals surface area contributed by atoms with E-state index in [-0.39, 0.29) is 11.7 Å². The summed E-state index contributed by atoms with van der Waals surface area (Å²) in [6.07, 6.45) is 4.37. The quantitative estimate of drug-likeness (QED) is 0.533. The molecule has 0 spiro atoms. The van der Waals surface area contributed by atoms with Gasteiger partial charge >= 0.3 is 0 Å². The molecule has 4 nitrogen and oxygen atoms in total. The van der Waals surface area contributed by atoms with Gasteiger partial charge in [-0.25, -0.2) is 9.37 Å². The van der Waals surface area contributed by atoms with Gasteiger partial charge in [-0.15, -0.1) is 6.58 Å². The van der Waals surface area contributed by atoms with E-state index in [1.807, 2.05) is 37.7 Å². The lowest BCUT2D eigenvalue weighted by molar-refractivity contribution is 0.0904. The van der Waals surface area contributed by atoms with Gasteiger partial charge in [-0.2, -0.15) is 0 Å². The van der Waals surface area contributed by atoms with Gasteiger partial charge in [0.15, 0.2) is 0 Å². The monoisotopic (exact) mass is 443 g/mol. The highest BCUT2D eigenvalue weighted by Crippen LogP contribution is 2.26. The number of amides is 1. The number of carbonyl (C=O) groups excluding carboxylic acids is 1. The molecule has 1 N–H and O–H groups in total. The van der Waals surface area contributed by atoms with Gasteiger partial charge in [0, 0.05) is 34.8 Å². The average Bonchev–Trinajstić information content (AvgIpc) is 2.90. The first-order valence-corrected chi connectivity index (χ1v) is 9.79. The summed E-state index contributed by atoms with van der Waals surface area (Å²) in [5.74, 6) is -0.522. The topological polar surface area (TPSA) is 46.9 Å². The highest BCUT2D eigenvalue weighted by atomic mass is 79.9. The van der Waals surface area contributed by atoms with Gasteiger partial charge in [0.2, 0.25) is 0 Å². The van der Waals surface area contributed by atoms with E-state index < -0.39 is 5.54 Å². The van der Waals surface area contributed by atoms with Crippen molar-refractivity contribution < 1.29 is 9.18 Å². The predicted molar refractivity (Wildman–Crippen MR) is 114 cm³/mol. The summed E-state index contributed by atoms with van der Waals surface area (Å²) in [4.78, 5) is 17.4. The van der Waals surface area contributed by atoms with Crippen molar-refractivity contribution in [2.45, 2.75) is 32.2 Å². The summed E-state index contributed by atoms with van der Waals surface area (Å²) in [7, 11) is 1.90. The molecule has 0 bridgehead atoms. The Morgan fingerprint density at radius 3 is 2.79 bits per heavy atom. The Hall–Kier alpha value is -2.47. The summed E-state index contributed by atoms with van der Waals surface area (Å²) >= 11 is 3.50. The molecule has 6 heteroatoms. The lowest BCUT2D eigenvalue weighted by Gasteiger charge is -2.31. The number of benzene rings is 1. The Morgan fingerprint density at radius 2 is 2.11 bits per heavy atom. The third-order valence-corrected chi connectivity index (χ3v) is 5.30. The highest BCUT2D eigenvalue weighted by molar-refractivity contribution is 9.10. The molecule has 0 aliphatic rings. The van der Waals surface area contributed by atoms with E-state index >= 15 is 0 Å². The van der Waals surface area contributed by atoms with Gasteiger partial charge in [0.05, 0.1) is 5.56 Å². The number of rotatable bonds is 6. The van der Waals surface area contributed by atoms with Crippen LogP contribution in [0.4, 0.5) is 4.39 Å². The SMILES string of the molecule is C=C(C)CC(C)(Cc1ccccc1F)NC(=O)c1cnc2c(c1)c(Br)cn2C. The molecule has 0 aliphatic heterocycles. The van der Waals surface area contributed by atoms with Crippen molar-refractivity contribution >= 4 is 32.9 Å². The molecule has 1 amide bonds. The molecule has 3 rings (SSSR count). The smallest absolute Gasteiger partial charge is 0.253 e. The van der Waals surface area contributed by atoms with Crippen LogP contribution in [0.1, 0.15) is 36.2 Å². The second-order valence-corrected chi connectivity index (χ2v) is 8.45. The predicted octanol–water partition coefficient (Wildman–Crippen LogP) is 5.17. The molecule has 0 radical (unpaired) electrons. The Labute approximate surface area is 172 Å². The maximum absolute atomic E-state index is 14.2. The molecule has 28 heavy (non-hydrogen) atoms. The molecular weight excluding hydrogens is 421 g/mol. The summed E-state index contributed by atoms with van der Waals surface area (Å²) < 4.78 is 17.0. The van der Waals surface area contributed by atoms with E-state index in [2.05, 4.69) is 32.8 Å². The van der Waals surface area contributed by atoms with Crippen LogP contribution in [0.25, 0.3) is 11.0 Å². The Morgan fingerprint density at radius 1 is 1.39 bits per heavy atom. The van der Waals surface area contributed by atoms with Crippen molar-refractivity contribution in [2.75, 3.05) is 0 Å². The standard InChI is InChI=1S/C22H23BrFN3O/c1-14(2)10-22(3,11-15-7-5-6-8-19(15)24)26-21(28)16-9-17-18(23)13-27(4)20(17)25-12-16/h5-9,12-13H,1,10-11H2,2-4H3,(H,26,28). The lowest BCUT2D eigenvalue weighted by Crippen LogP contribution is -2.48. The Bertz CT molecular complexity index is 1060. The molecule has 0 saturated heterocycles. The molecule has 2 heterocycles. The number of aromatic nitrogens is 2. The Balaban J connectivity index is 1.90. The fourth-order valence-corrected chi connectivity index (χ4v) is 4.16. The van der Waals surface area contributed by atoms with Gasteiger partial charge in [0.25, 0.3) is 5.91 Å². The van der Waals surface area contributed by atoms with E-state index in [0.29, 0.717) is 24.0 Å². The molecule has 1 atom stereocenters. The van der Waals surface area contributed by atoms with Gasteiger partial charge in [-0.1, -0.05) is 23.8 Å². The first-order valence-electron chi connectivity index (χ1n) is 8.99. The van der Waals surface area contributed by atoms with E-state index in [9.17, 15) is 9.18 Å². The second kappa shape index (κ2) is 7.87. The summed E-state index contributed by atoms with van der Waals surface area (Å²) in [5.41, 5.74) is 2.05. The van der Waals surface area contributed by atoms with E-state index in [4.69, 9.17) is 0 Å². The van der Waals surface area contributed by atoms with Gasteiger partial charge in [-0.3, -0.25) is 4.79 Å². The normalized spacial score (nSPS) is 13.3. The molecule has 0 aliphatic carbocycles. The second-order valence-electron chi connectivity index (χ2n) is 7.60. The molecule has 0 saturated carbocycles. The van der Waals surface area contributed by atoms with Crippen LogP contribution >= 0.6 is 15.9 Å². The number of pyridine rings is 1. The summed E-state index contributed by atoms with van der Waals surface area (Å²) in [6, 6.07) is 8.44. The van der Waals surface area contributed by atoms with Crippen LogP contribution < -0.4 is 5.32 Å². The maximum atomic E-state index is 14.2. The minimum Gasteiger partial charge on any atom is -0.346 e. The van der Waals surface area contributed by atoms with Crippen molar-refractivity contribution in [2.24, 2.45) is 7.05 Å². The van der Waals surface area contributed by atoms with Gasteiger partial charge < -0.3 is 9.88 Å². The third-order valence-electron chi connectivity index (χ3n) is 4.67. The van der Waals surface area contributed by atoms with Gasteiger partial charge in [-0.05, 0) is 60.3 Å². The van der Waals surface area contributed by atoms with Crippen LogP contribution in [0, 0.1) is 5.82 Å². The lowest BCUT2D eigenvalue weighted by atomic mass is 9.86. The van der Waals surface area contributed by atoms with Crippen LogP contribution in [0.2, 0.25) is 0 Å². The molecule has 146 valence electrons. The number of hydrogen-bond acceptors (Lipinski definition) is 2. The highest BCUT2D eigenvalue weighted by Gasteiger charge is 2.29. The van der Waals surface area contributed by atoms with Crippen LogP contribution in [0.5, 0.6) is 0 Å². The number of fused-ring (bicyclic) bond motifs is 1. The number of carbonyl (C=O) groups is 1. The van der Waals surface area contributed by atoms with E-state index in [1.54, 1.807) is 24.4 Å². The number of nitrogens with zero attached hydrogens (tertiary/aromatic N) is 2. The van der Waals surface area contributed by atoms with Crippen molar-refractivity contribution in [1.82, 2.24) is 14.9 Å². The summed E-state index contributed by atoms with van der Waals surface area (Å²) in [5, 5.41) is 3.95. The largest absolute Gasteiger partial charge is 0.346 e. The average molecular weight is 444 g/mol. The number of halogens is 2. The fourth-order valence-electron chi connectivity index (χ4n) is 3.56. The number of aryl methyl sites for hydroxylation is 1.